The highest BCUT2D eigenvalue weighted by Gasteiger charge is 2.17. The number of aromatic nitrogens is 2. The molecule has 1 aromatic carbocycles. The van der Waals surface area contributed by atoms with Crippen LogP contribution in [0.3, 0.4) is 0 Å². The van der Waals surface area contributed by atoms with Crippen LogP contribution in [0.15, 0.2) is 35.1 Å². The molecule has 0 atom stereocenters. The zero-order chi connectivity index (χ0) is 12.4. The topological polar surface area (TPSA) is 34.9 Å². The van der Waals surface area contributed by atoms with Gasteiger partial charge in [0.2, 0.25) is 0 Å². The minimum Gasteiger partial charge on any atom is -0.292 e. The van der Waals surface area contributed by atoms with E-state index < -0.39 is 23.0 Å². The number of carbonyl (C=O) groups is 1. The number of hydrogen-bond acceptors (Lipinski definition) is 2. The van der Waals surface area contributed by atoms with E-state index >= 15 is 0 Å². The van der Waals surface area contributed by atoms with Crippen LogP contribution < -0.4 is 0 Å². The predicted molar refractivity (Wildman–Crippen MR) is 60.6 cm³/mol. The van der Waals surface area contributed by atoms with Crippen molar-refractivity contribution in [2.45, 2.75) is 6.54 Å². The van der Waals surface area contributed by atoms with Gasteiger partial charge < -0.3 is 0 Å². The standard InChI is InChI=1S/C11H7BrF2N2O/c12-7-4-15-16(5-7)6-10(17)11-8(13)2-1-3-9(11)14/h1-5H,6H2. The minimum atomic E-state index is -0.860. The van der Waals surface area contributed by atoms with E-state index in [4.69, 9.17) is 0 Å². The molecule has 0 unspecified atom stereocenters. The largest absolute Gasteiger partial charge is 0.292 e. The number of halogens is 3. The molecule has 2 aromatic rings. The highest BCUT2D eigenvalue weighted by molar-refractivity contribution is 9.10. The fraction of sp³-hybridized carbons (Fsp3) is 0.0909. The molecule has 0 N–H and O–H groups in total. The summed E-state index contributed by atoms with van der Waals surface area (Å²) in [6.07, 6.45) is 3.04. The van der Waals surface area contributed by atoms with E-state index in [1.807, 2.05) is 0 Å². The molecule has 0 amide bonds. The van der Waals surface area contributed by atoms with E-state index in [-0.39, 0.29) is 6.54 Å². The maximum absolute atomic E-state index is 13.3. The van der Waals surface area contributed by atoms with Crippen LogP contribution >= 0.6 is 15.9 Å². The first-order chi connectivity index (χ1) is 8.08. The molecule has 88 valence electrons. The molecule has 0 spiro atoms. The third-order valence-corrected chi connectivity index (χ3v) is 2.56. The van der Waals surface area contributed by atoms with Gasteiger partial charge in [-0.15, -0.1) is 0 Å². The minimum absolute atomic E-state index is 0.205. The van der Waals surface area contributed by atoms with Crippen molar-refractivity contribution in [2.75, 3.05) is 0 Å². The van der Waals surface area contributed by atoms with Gasteiger partial charge in [-0.05, 0) is 28.1 Å². The summed E-state index contributed by atoms with van der Waals surface area (Å²) in [6.45, 7) is -0.205. The Kier molecular flexibility index (Phi) is 3.33. The van der Waals surface area contributed by atoms with Gasteiger partial charge in [-0.2, -0.15) is 5.10 Å². The van der Waals surface area contributed by atoms with Crippen molar-refractivity contribution in [2.24, 2.45) is 0 Å². The molecule has 0 saturated carbocycles. The van der Waals surface area contributed by atoms with E-state index in [0.717, 1.165) is 12.1 Å². The van der Waals surface area contributed by atoms with E-state index in [1.165, 1.54) is 16.9 Å². The molecule has 1 aromatic heterocycles. The number of Topliss-reactive ketones (excluding diaryl/α,β-unsaturated/α-hetero) is 1. The summed E-state index contributed by atoms with van der Waals surface area (Å²) >= 11 is 3.16. The summed E-state index contributed by atoms with van der Waals surface area (Å²) in [5.74, 6) is -2.38. The van der Waals surface area contributed by atoms with Crippen LogP contribution in [0.2, 0.25) is 0 Å². The van der Waals surface area contributed by atoms with Gasteiger partial charge in [0, 0.05) is 6.20 Å². The fourth-order valence-corrected chi connectivity index (χ4v) is 1.74. The molecular formula is C11H7BrF2N2O. The Labute approximate surface area is 104 Å². The van der Waals surface area contributed by atoms with Gasteiger partial charge in [-0.1, -0.05) is 6.07 Å². The van der Waals surface area contributed by atoms with E-state index in [9.17, 15) is 13.6 Å². The van der Waals surface area contributed by atoms with Gasteiger partial charge >= 0.3 is 0 Å². The predicted octanol–water partition coefficient (Wildman–Crippen LogP) is 2.81. The Bertz CT molecular complexity index is 548. The van der Waals surface area contributed by atoms with Gasteiger partial charge in [-0.3, -0.25) is 9.48 Å². The lowest BCUT2D eigenvalue weighted by molar-refractivity contribution is 0.0959. The van der Waals surface area contributed by atoms with E-state index in [0.29, 0.717) is 4.47 Å². The molecule has 0 aliphatic rings. The highest BCUT2D eigenvalue weighted by Crippen LogP contribution is 2.14. The lowest BCUT2D eigenvalue weighted by Crippen LogP contribution is -2.14. The molecule has 3 nitrogen and oxygen atoms in total. The van der Waals surface area contributed by atoms with E-state index in [2.05, 4.69) is 21.0 Å². The molecule has 0 saturated heterocycles. The fourth-order valence-electron chi connectivity index (χ4n) is 1.42. The number of nitrogens with zero attached hydrogens (tertiary/aromatic N) is 2. The Morgan fingerprint density at radius 1 is 1.35 bits per heavy atom. The zero-order valence-corrected chi connectivity index (χ0v) is 10.1. The summed E-state index contributed by atoms with van der Waals surface area (Å²) in [6, 6.07) is 3.32. The van der Waals surface area contributed by atoms with Crippen molar-refractivity contribution < 1.29 is 13.6 Å². The number of carbonyl (C=O) groups excluding carboxylic acids is 1. The average Bonchev–Trinajstić information content (AvgIpc) is 2.63. The summed E-state index contributed by atoms with van der Waals surface area (Å²) in [5, 5.41) is 3.84. The van der Waals surface area contributed by atoms with Gasteiger partial charge in [0.05, 0.1) is 16.2 Å². The van der Waals surface area contributed by atoms with Crippen molar-refractivity contribution >= 4 is 21.7 Å². The first-order valence-electron chi connectivity index (χ1n) is 4.73. The summed E-state index contributed by atoms with van der Waals surface area (Å²) in [7, 11) is 0. The van der Waals surface area contributed by atoms with Gasteiger partial charge in [0.15, 0.2) is 5.78 Å². The van der Waals surface area contributed by atoms with Crippen molar-refractivity contribution in [1.29, 1.82) is 0 Å². The second-order valence-electron chi connectivity index (χ2n) is 3.38. The summed E-state index contributed by atoms with van der Waals surface area (Å²) < 4.78 is 28.6. The zero-order valence-electron chi connectivity index (χ0n) is 8.53. The lowest BCUT2D eigenvalue weighted by Gasteiger charge is -2.04. The van der Waals surface area contributed by atoms with Crippen molar-refractivity contribution in [3.63, 3.8) is 0 Å². The normalized spacial score (nSPS) is 10.5. The monoisotopic (exact) mass is 300 g/mol. The van der Waals surface area contributed by atoms with Crippen LogP contribution in [-0.2, 0) is 6.54 Å². The second kappa shape index (κ2) is 4.75. The molecule has 0 radical (unpaired) electrons. The highest BCUT2D eigenvalue weighted by atomic mass is 79.9. The van der Waals surface area contributed by atoms with Gasteiger partial charge in [0.1, 0.15) is 18.2 Å². The van der Waals surface area contributed by atoms with Crippen molar-refractivity contribution in [3.05, 3.63) is 52.3 Å². The summed E-state index contributed by atoms with van der Waals surface area (Å²) in [4.78, 5) is 11.7. The first kappa shape index (κ1) is 11.9. The maximum Gasteiger partial charge on any atom is 0.190 e. The molecule has 0 aliphatic carbocycles. The molecule has 0 fully saturated rings. The van der Waals surface area contributed by atoms with Crippen molar-refractivity contribution in [1.82, 2.24) is 9.78 Å². The van der Waals surface area contributed by atoms with E-state index in [1.54, 1.807) is 6.20 Å². The molecule has 1 heterocycles. The average molecular weight is 301 g/mol. The van der Waals surface area contributed by atoms with Crippen LogP contribution in [-0.4, -0.2) is 15.6 Å². The van der Waals surface area contributed by atoms with Crippen LogP contribution in [0.5, 0.6) is 0 Å². The molecule has 0 aliphatic heterocycles. The maximum atomic E-state index is 13.3. The Hall–Kier alpha value is -1.56. The Balaban J connectivity index is 2.26. The first-order valence-corrected chi connectivity index (χ1v) is 5.52. The number of ketones is 1. The molecule has 6 heteroatoms. The SMILES string of the molecule is O=C(Cn1cc(Br)cn1)c1c(F)cccc1F. The van der Waals surface area contributed by atoms with Gasteiger partial charge in [0.25, 0.3) is 0 Å². The van der Waals surface area contributed by atoms with Crippen LogP contribution in [0.25, 0.3) is 0 Å². The summed E-state index contributed by atoms with van der Waals surface area (Å²) in [5.41, 5.74) is -0.529. The molecule has 2 rings (SSSR count). The smallest absolute Gasteiger partial charge is 0.190 e. The Morgan fingerprint density at radius 3 is 2.53 bits per heavy atom. The molecular weight excluding hydrogens is 294 g/mol. The Morgan fingerprint density at radius 2 is 2.00 bits per heavy atom. The third-order valence-electron chi connectivity index (χ3n) is 2.15. The quantitative estimate of drug-likeness (QED) is 0.817. The lowest BCUT2D eigenvalue weighted by atomic mass is 10.1. The number of rotatable bonds is 3. The van der Waals surface area contributed by atoms with Crippen LogP contribution in [0, 0.1) is 11.6 Å². The van der Waals surface area contributed by atoms with Gasteiger partial charge in [-0.25, -0.2) is 8.78 Å². The third kappa shape index (κ3) is 2.58. The molecule has 17 heavy (non-hydrogen) atoms. The van der Waals surface area contributed by atoms with Crippen LogP contribution in [0.1, 0.15) is 10.4 Å². The number of hydrogen-bond donors (Lipinski definition) is 0. The van der Waals surface area contributed by atoms with Crippen molar-refractivity contribution in [3.8, 4) is 0 Å². The van der Waals surface area contributed by atoms with Crippen LogP contribution in [0.4, 0.5) is 8.78 Å². The molecule has 0 bridgehead atoms. The number of benzene rings is 1. The second-order valence-corrected chi connectivity index (χ2v) is 4.29.